The number of hydrogen-bond acceptors (Lipinski definition) is 2. The maximum absolute atomic E-state index is 13.5. The zero-order chi connectivity index (χ0) is 15.4. The third-order valence-electron chi connectivity index (χ3n) is 2.88. The van der Waals surface area contributed by atoms with Crippen molar-refractivity contribution in [2.75, 3.05) is 11.4 Å². The number of anilines is 1. The fourth-order valence-corrected chi connectivity index (χ4v) is 2.16. The highest BCUT2D eigenvalue weighted by molar-refractivity contribution is 6.31. The molecule has 6 heteroatoms. The fourth-order valence-electron chi connectivity index (χ4n) is 1.91. The summed E-state index contributed by atoms with van der Waals surface area (Å²) in [5.74, 6) is -1.50. The average Bonchev–Trinajstić information content (AvgIpc) is 2.42. The molecule has 1 N–H and O–H groups in total. The second kappa shape index (κ2) is 6.78. The third kappa shape index (κ3) is 4.34. The Bertz CT molecular complexity index is 647. The van der Waals surface area contributed by atoms with Gasteiger partial charge in [-0.3, -0.25) is 4.79 Å². The van der Waals surface area contributed by atoms with Crippen LogP contribution in [0.2, 0.25) is 10.0 Å². The van der Waals surface area contributed by atoms with Crippen LogP contribution in [0.25, 0.3) is 0 Å². The number of carbonyl (C=O) groups is 1. The molecule has 0 aliphatic heterocycles. The van der Waals surface area contributed by atoms with Crippen molar-refractivity contribution in [3.63, 3.8) is 0 Å². The molecule has 0 amide bonds. The Morgan fingerprint density at radius 2 is 1.81 bits per heavy atom. The Morgan fingerprint density at radius 1 is 1.14 bits per heavy atom. The van der Waals surface area contributed by atoms with Crippen LogP contribution in [0, 0.1) is 5.82 Å². The van der Waals surface area contributed by atoms with E-state index in [1.807, 2.05) is 0 Å². The van der Waals surface area contributed by atoms with Gasteiger partial charge in [0.1, 0.15) is 12.4 Å². The predicted molar refractivity (Wildman–Crippen MR) is 81.5 cm³/mol. The van der Waals surface area contributed by atoms with Gasteiger partial charge in [0.15, 0.2) is 0 Å². The topological polar surface area (TPSA) is 40.5 Å². The molecule has 0 heterocycles. The van der Waals surface area contributed by atoms with Crippen molar-refractivity contribution in [2.45, 2.75) is 6.54 Å². The molecule has 3 nitrogen and oxygen atoms in total. The minimum absolute atomic E-state index is 0.0371. The minimum Gasteiger partial charge on any atom is -0.480 e. The Kier molecular flexibility index (Phi) is 5.04. The molecular formula is C15H12Cl2FNO2. The SMILES string of the molecule is O=C(O)CN(Cc1ccc(Cl)c(F)c1)c1ccc(Cl)cc1. The number of benzene rings is 2. The molecule has 0 aliphatic carbocycles. The maximum Gasteiger partial charge on any atom is 0.323 e. The Labute approximate surface area is 131 Å². The first kappa shape index (κ1) is 15.6. The number of halogens is 3. The molecule has 0 atom stereocenters. The summed E-state index contributed by atoms with van der Waals surface area (Å²) in [4.78, 5) is 12.6. The van der Waals surface area contributed by atoms with Crippen LogP contribution in [-0.2, 0) is 11.3 Å². The van der Waals surface area contributed by atoms with E-state index in [2.05, 4.69) is 0 Å². The van der Waals surface area contributed by atoms with E-state index < -0.39 is 11.8 Å². The van der Waals surface area contributed by atoms with Crippen LogP contribution >= 0.6 is 23.2 Å². The summed E-state index contributed by atoms with van der Waals surface area (Å²) >= 11 is 11.5. The van der Waals surface area contributed by atoms with Gasteiger partial charge in [0.25, 0.3) is 0 Å². The molecule has 0 bridgehead atoms. The van der Waals surface area contributed by atoms with Gasteiger partial charge in [-0.05, 0) is 42.0 Å². The van der Waals surface area contributed by atoms with Crippen LogP contribution in [0.4, 0.5) is 10.1 Å². The average molecular weight is 328 g/mol. The number of hydrogen-bond donors (Lipinski definition) is 1. The lowest BCUT2D eigenvalue weighted by molar-refractivity contribution is -0.135. The lowest BCUT2D eigenvalue weighted by Gasteiger charge is -2.23. The largest absolute Gasteiger partial charge is 0.480 e. The van der Waals surface area contributed by atoms with Gasteiger partial charge < -0.3 is 10.0 Å². The standard InChI is InChI=1S/C15H12Cl2FNO2/c16-11-2-4-12(5-3-11)19(9-15(20)21)8-10-1-6-13(17)14(18)7-10/h1-7H,8-9H2,(H,20,21). The second-order valence-electron chi connectivity index (χ2n) is 4.47. The first-order valence-corrected chi connectivity index (χ1v) is 6.87. The van der Waals surface area contributed by atoms with E-state index in [0.717, 1.165) is 0 Å². The highest BCUT2D eigenvalue weighted by Crippen LogP contribution is 2.22. The van der Waals surface area contributed by atoms with E-state index in [1.165, 1.54) is 12.1 Å². The summed E-state index contributed by atoms with van der Waals surface area (Å²) in [6.45, 7) is 0.0495. The van der Waals surface area contributed by atoms with E-state index >= 15 is 0 Å². The monoisotopic (exact) mass is 327 g/mol. The molecule has 0 radical (unpaired) electrons. The Morgan fingerprint density at radius 3 is 2.38 bits per heavy atom. The van der Waals surface area contributed by atoms with Crippen molar-refractivity contribution in [2.24, 2.45) is 0 Å². The van der Waals surface area contributed by atoms with Gasteiger partial charge in [-0.25, -0.2) is 4.39 Å². The summed E-state index contributed by atoms with van der Waals surface area (Å²) in [5, 5.41) is 9.61. The number of carboxylic acid groups (broad SMARTS) is 1. The Balaban J connectivity index is 2.25. The molecular weight excluding hydrogens is 316 g/mol. The van der Waals surface area contributed by atoms with E-state index in [9.17, 15) is 9.18 Å². The van der Waals surface area contributed by atoms with Crippen molar-refractivity contribution in [1.29, 1.82) is 0 Å². The lowest BCUT2D eigenvalue weighted by atomic mass is 10.2. The molecule has 2 aromatic carbocycles. The molecule has 0 aromatic heterocycles. The van der Waals surface area contributed by atoms with Gasteiger partial charge >= 0.3 is 5.97 Å². The summed E-state index contributed by atoms with van der Waals surface area (Å²) in [7, 11) is 0. The smallest absolute Gasteiger partial charge is 0.323 e. The third-order valence-corrected chi connectivity index (χ3v) is 3.43. The van der Waals surface area contributed by atoms with Crippen molar-refractivity contribution in [3.8, 4) is 0 Å². The number of rotatable bonds is 5. The fraction of sp³-hybridized carbons (Fsp3) is 0.133. The van der Waals surface area contributed by atoms with Gasteiger partial charge in [0.2, 0.25) is 0 Å². The molecule has 0 saturated heterocycles. The summed E-state index contributed by atoms with van der Waals surface area (Å²) in [6.07, 6.45) is 0. The molecule has 110 valence electrons. The normalized spacial score (nSPS) is 10.4. The van der Waals surface area contributed by atoms with Crippen LogP contribution in [0.1, 0.15) is 5.56 Å². The summed E-state index contributed by atoms with van der Waals surface area (Å²) in [6, 6.07) is 11.2. The molecule has 21 heavy (non-hydrogen) atoms. The van der Waals surface area contributed by atoms with Crippen LogP contribution < -0.4 is 4.90 Å². The van der Waals surface area contributed by atoms with Crippen molar-refractivity contribution in [3.05, 3.63) is 63.9 Å². The first-order chi connectivity index (χ1) is 9.95. The van der Waals surface area contributed by atoms with Crippen molar-refractivity contribution in [1.82, 2.24) is 0 Å². The molecule has 0 unspecified atom stereocenters. The van der Waals surface area contributed by atoms with E-state index in [-0.39, 0.29) is 18.1 Å². The summed E-state index contributed by atoms with van der Waals surface area (Å²) < 4.78 is 13.5. The second-order valence-corrected chi connectivity index (χ2v) is 5.32. The molecule has 2 aromatic rings. The van der Waals surface area contributed by atoms with Gasteiger partial charge in [0.05, 0.1) is 5.02 Å². The number of carboxylic acids is 1. The zero-order valence-corrected chi connectivity index (χ0v) is 12.4. The van der Waals surface area contributed by atoms with Crippen LogP contribution in [0.5, 0.6) is 0 Å². The van der Waals surface area contributed by atoms with Gasteiger partial charge in [0, 0.05) is 17.3 Å². The zero-order valence-electron chi connectivity index (χ0n) is 10.9. The summed E-state index contributed by atoms with van der Waals surface area (Å²) in [5.41, 5.74) is 1.32. The minimum atomic E-state index is -0.973. The molecule has 0 spiro atoms. The van der Waals surface area contributed by atoms with Gasteiger partial charge in [-0.15, -0.1) is 0 Å². The van der Waals surface area contributed by atoms with E-state index in [1.54, 1.807) is 35.2 Å². The van der Waals surface area contributed by atoms with Crippen LogP contribution in [0.3, 0.4) is 0 Å². The highest BCUT2D eigenvalue weighted by atomic mass is 35.5. The van der Waals surface area contributed by atoms with Crippen molar-refractivity contribution >= 4 is 34.9 Å². The van der Waals surface area contributed by atoms with E-state index in [0.29, 0.717) is 16.3 Å². The highest BCUT2D eigenvalue weighted by Gasteiger charge is 2.12. The van der Waals surface area contributed by atoms with Gasteiger partial charge in [-0.1, -0.05) is 29.3 Å². The van der Waals surface area contributed by atoms with Crippen LogP contribution in [-0.4, -0.2) is 17.6 Å². The molecule has 0 aliphatic rings. The first-order valence-electron chi connectivity index (χ1n) is 6.12. The molecule has 2 rings (SSSR count). The van der Waals surface area contributed by atoms with Gasteiger partial charge in [-0.2, -0.15) is 0 Å². The number of aliphatic carboxylic acids is 1. The maximum atomic E-state index is 13.5. The quantitative estimate of drug-likeness (QED) is 0.893. The molecule has 0 fully saturated rings. The number of nitrogens with zero attached hydrogens (tertiary/aromatic N) is 1. The lowest BCUT2D eigenvalue weighted by Crippen LogP contribution is -2.29. The van der Waals surface area contributed by atoms with Crippen LogP contribution in [0.15, 0.2) is 42.5 Å². The molecule has 0 saturated carbocycles. The van der Waals surface area contributed by atoms with Crippen molar-refractivity contribution < 1.29 is 14.3 Å². The Hall–Kier alpha value is -1.78. The van der Waals surface area contributed by atoms with E-state index in [4.69, 9.17) is 28.3 Å². The predicted octanol–water partition coefficient (Wildman–Crippen LogP) is 4.22.